The van der Waals surface area contributed by atoms with Crippen LogP contribution in [0.3, 0.4) is 0 Å². The van der Waals surface area contributed by atoms with Crippen LogP contribution < -0.4 is 0 Å². The number of benzene rings is 1. The van der Waals surface area contributed by atoms with Crippen LogP contribution in [0.1, 0.15) is 26.3 Å². The minimum absolute atomic E-state index is 0.150. The molecule has 6 heteroatoms. The predicted octanol–water partition coefficient (Wildman–Crippen LogP) is 3.41. The summed E-state index contributed by atoms with van der Waals surface area (Å²) in [4.78, 5) is -0.237. The van der Waals surface area contributed by atoms with Gasteiger partial charge in [-0.15, -0.1) is 0 Å². The van der Waals surface area contributed by atoms with Crippen molar-refractivity contribution in [2.75, 3.05) is 0 Å². The quantitative estimate of drug-likeness (QED) is 0.711. The Bertz CT molecular complexity index is 492. The summed E-state index contributed by atoms with van der Waals surface area (Å²) >= 11 is 6.59. The third kappa shape index (κ3) is 3.06. The van der Waals surface area contributed by atoms with Crippen molar-refractivity contribution in [1.29, 1.82) is 0 Å². The minimum atomic E-state index is -4.42. The first kappa shape index (κ1) is 14.2. The summed E-state index contributed by atoms with van der Waals surface area (Å²) in [5.41, 5.74) is 0.781. The third-order valence-electron chi connectivity index (χ3n) is 2.05. The summed E-state index contributed by atoms with van der Waals surface area (Å²) in [5, 5.41) is 0. The molecule has 0 saturated heterocycles. The van der Waals surface area contributed by atoms with Gasteiger partial charge >= 0.3 is 0 Å². The SMILES string of the molecule is CC(C)(C)c1c(Br)cc(S(=O)(=O)[O-])cc1Br. The second-order valence-corrected chi connectivity index (χ2v) is 7.55. The van der Waals surface area contributed by atoms with Gasteiger partial charge < -0.3 is 4.55 Å². The molecule has 0 heterocycles. The van der Waals surface area contributed by atoms with Crippen molar-refractivity contribution in [1.82, 2.24) is 0 Å². The summed E-state index contributed by atoms with van der Waals surface area (Å²) in [7, 11) is -4.42. The molecule has 0 unspecified atom stereocenters. The molecule has 3 nitrogen and oxygen atoms in total. The van der Waals surface area contributed by atoms with E-state index < -0.39 is 10.1 Å². The lowest BCUT2D eigenvalue weighted by molar-refractivity contribution is 0.462. The van der Waals surface area contributed by atoms with Crippen LogP contribution in [0.5, 0.6) is 0 Å². The van der Waals surface area contributed by atoms with E-state index in [-0.39, 0.29) is 10.3 Å². The monoisotopic (exact) mass is 369 g/mol. The molecule has 0 fully saturated rings. The summed E-state index contributed by atoms with van der Waals surface area (Å²) in [6.07, 6.45) is 0. The van der Waals surface area contributed by atoms with Gasteiger partial charge in [-0.1, -0.05) is 52.6 Å². The largest absolute Gasteiger partial charge is 0.744 e. The fraction of sp³-hybridized carbons (Fsp3) is 0.400. The van der Waals surface area contributed by atoms with Gasteiger partial charge in [-0.3, -0.25) is 0 Å². The lowest BCUT2D eigenvalue weighted by Crippen LogP contribution is -2.14. The molecule has 1 aromatic rings. The maximum Gasteiger partial charge on any atom is 0.124 e. The van der Waals surface area contributed by atoms with Gasteiger partial charge in [-0.25, -0.2) is 8.42 Å². The van der Waals surface area contributed by atoms with Gasteiger partial charge in [0.25, 0.3) is 0 Å². The van der Waals surface area contributed by atoms with Crippen molar-refractivity contribution >= 4 is 42.0 Å². The zero-order chi connectivity index (χ0) is 12.7. The van der Waals surface area contributed by atoms with Crippen molar-refractivity contribution in [3.63, 3.8) is 0 Å². The maximum atomic E-state index is 10.9. The van der Waals surface area contributed by atoms with Crippen molar-refractivity contribution in [3.05, 3.63) is 26.6 Å². The van der Waals surface area contributed by atoms with Gasteiger partial charge in [0.05, 0.1) is 4.90 Å². The molecule has 16 heavy (non-hydrogen) atoms. The molecule has 0 N–H and O–H groups in total. The molecule has 0 amide bonds. The van der Waals surface area contributed by atoms with Gasteiger partial charge in [0.1, 0.15) is 10.1 Å². The number of hydrogen-bond acceptors (Lipinski definition) is 3. The fourth-order valence-electron chi connectivity index (χ4n) is 1.41. The number of rotatable bonds is 1. The summed E-state index contributed by atoms with van der Waals surface area (Å²) in [6, 6.07) is 2.68. The van der Waals surface area contributed by atoms with E-state index in [0.29, 0.717) is 8.95 Å². The Kier molecular flexibility index (Phi) is 3.89. The molecule has 0 aliphatic carbocycles. The average molecular weight is 371 g/mol. The van der Waals surface area contributed by atoms with E-state index >= 15 is 0 Å². The van der Waals surface area contributed by atoms with Gasteiger partial charge in [0, 0.05) is 8.95 Å². The Morgan fingerprint density at radius 1 is 1.12 bits per heavy atom. The smallest absolute Gasteiger partial charge is 0.124 e. The van der Waals surface area contributed by atoms with Crippen LogP contribution in [0, 0.1) is 0 Å². The minimum Gasteiger partial charge on any atom is -0.744 e. The molecule has 1 rings (SSSR count). The van der Waals surface area contributed by atoms with E-state index in [4.69, 9.17) is 0 Å². The molecule has 0 atom stereocenters. The van der Waals surface area contributed by atoms with Crippen molar-refractivity contribution in [3.8, 4) is 0 Å². The highest BCUT2D eigenvalue weighted by molar-refractivity contribution is 9.11. The Hall–Kier alpha value is 0.0900. The van der Waals surface area contributed by atoms with Crippen LogP contribution in [0.2, 0.25) is 0 Å². The van der Waals surface area contributed by atoms with Crippen LogP contribution in [0.4, 0.5) is 0 Å². The van der Waals surface area contributed by atoms with E-state index in [1.54, 1.807) is 0 Å². The summed E-state index contributed by atoms with van der Waals surface area (Å²) in [5.74, 6) is 0. The highest BCUT2D eigenvalue weighted by Gasteiger charge is 2.21. The molecule has 1 aromatic carbocycles. The Morgan fingerprint density at radius 3 is 1.75 bits per heavy atom. The van der Waals surface area contributed by atoms with E-state index in [1.165, 1.54) is 12.1 Å². The predicted molar refractivity (Wildman–Crippen MR) is 68.5 cm³/mol. The molecule has 0 spiro atoms. The van der Waals surface area contributed by atoms with E-state index in [9.17, 15) is 13.0 Å². The molecule has 0 bridgehead atoms. The van der Waals surface area contributed by atoms with Crippen molar-refractivity contribution in [2.24, 2.45) is 0 Å². The van der Waals surface area contributed by atoms with Crippen LogP contribution in [-0.2, 0) is 15.5 Å². The maximum absolute atomic E-state index is 10.9. The van der Waals surface area contributed by atoms with Crippen LogP contribution >= 0.6 is 31.9 Å². The molecule has 90 valence electrons. The Labute approximate surface area is 112 Å². The summed E-state index contributed by atoms with van der Waals surface area (Å²) < 4.78 is 33.9. The molecular formula is C10H11Br2O3S-. The van der Waals surface area contributed by atoms with Crippen molar-refractivity contribution < 1.29 is 13.0 Å². The van der Waals surface area contributed by atoms with Crippen LogP contribution in [-0.4, -0.2) is 13.0 Å². The molecule has 0 radical (unpaired) electrons. The molecule has 0 saturated carbocycles. The number of halogens is 2. The third-order valence-corrected chi connectivity index (χ3v) is 4.12. The van der Waals surface area contributed by atoms with E-state index in [2.05, 4.69) is 31.9 Å². The van der Waals surface area contributed by atoms with E-state index in [1.807, 2.05) is 20.8 Å². The second-order valence-electron chi connectivity index (χ2n) is 4.47. The first-order valence-electron chi connectivity index (χ1n) is 4.49. The van der Waals surface area contributed by atoms with Crippen molar-refractivity contribution in [2.45, 2.75) is 31.1 Å². The second kappa shape index (κ2) is 4.40. The summed E-state index contributed by atoms with van der Waals surface area (Å²) in [6.45, 7) is 6.01. The molecule has 0 aliphatic heterocycles. The Morgan fingerprint density at radius 2 is 1.50 bits per heavy atom. The highest BCUT2D eigenvalue weighted by atomic mass is 79.9. The standard InChI is InChI=1S/C10H12Br2O3S/c1-10(2,3)9-7(11)4-6(5-8(9)12)16(13,14)15/h4-5H,1-3H3,(H,13,14,15)/p-1. The van der Waals surface area contributed by atoms with Gasteiger partial charge in [0.2, 0.25) is 0 Å². The molecule has 0 aliphatic rings. The molecule has 0 aromatic heterocycles. The normalized spacial score (nSPS) is 12.9. The van der Waals surface area contributed by atoms with Gasteiger partial charge in [-0.2, -0.15) is 0 Å². The van der Waals surface area contributed by atoms with Gasteiger partial charge in [-0.05, 0) is 23.1 Å². The lowest BCUT2D eigenvalue weighted by atomic mass is 9.87. The lowest BCUT2D eigenvalue weighted by Gasteiger charge is -2.23. The van der Waals surface area contributed by atoms with Crippen LogP contribution in [0.15, 0.2) is 26.0 Å². The highest BCUT2D eigenvalue weighted by Crippen LogP contribution is 2.37. The van der Waals surface area contributed by atoms with Crippen LogP contribution in [0.25, 0.3) is 0 Å². The molecular weight excluding hydrogens is 360 g/mol. The van der Waals surface area contributed by atoms with E-state index in [0.717, 1.165) is 5.56 Å². The Balaban J connectivity index is 3.53. The fourth-order valence-corrected chi connectivity index (χ4v) is 4.61. The first-order valence-corrected chi connectivity index (χ1v) is 7.48. The topological polar surface area (TPSA) is 57.2 Å². The number of hydrogen-bond donors (Lipinski definition) is 0. The average Bonchev–Trinajstić information content (AvgIpc) is 1.97. The zero-order valence-corrected chi connectivity index (χ0v) is 13.0. The first-order chi connectivity index (χ1) is 7.03. The zero-order valence-electron chi connectivity index (χ0n) is 9.04. The van der Waals surface area contributed by atoms with Gasteiger partial charge in [0.15, 0.2) is 0 Å².